The molecule has 1 aromatic carbocycles. The molecule has 23 heavy (non-hydrogen) atoms. The minimum absolute atomic E-state index is 0.254. The van der Waals surface area contributed by atoms with Crippen LogP contribution in [0.25, 0.3) is 0 Å². The Kier molecular flexibility index (Phi) is 6.82. The number of unbranched alkanes of at least 4 members (excludes halogenated alkanes) is 1. The van der Waals surface area contributed by atoms with E-state index in [-0.39, 0.29) is 5.92 Å². The summed E-state index contributed by atoms with van der Waals surface area (Å²) in [4.78, 5) is 0. The van der Waals surface area contributed by atoms with Crippen molar-refractivity contribution < 1.29 is 4.39 Å². The number of halogens is 1. The molecule has 120 valence electrons. The van der Waals surface area contributed by atoms with Gasteiger partial charge in [0.05, 0.1) is 11.6 Å². The molecule has 1 aliphatic carbocycles. The van der Waals surface area contributed by atoms with Crippen LogP contribution in [0.5, 0.6) is 0 Å². The Balaban J connectivity index is 1.62. The Morgan fingerprint density at radius 3 is 2.39 bits per heavy atom. The quantitative estimate of drug-likeness (QED) is 0.518. The van der Waals surface area contributed by atoms with Crippen molar-refractivity contribution in [3.63, 3.8) is 0 Å². The van der Waals surface area contributed by atoms with E-state index < -0.39 is 5.83 Å². The lowest BCUT2D eigenvalue weighted by molar-refractivity contribution is 0.288. The van der Waals surface area contributed by atoms with E-state index in [4.69, 9.17) is 10.5 Å². The standard InChI is InChI=1S/C20H23FN2/c21-20(15-23)13-18-9-5-16(6-10-18)3-1-2-4-17-7-11-19(14-22)12-8-17/h7-8,11-13,16,18H,1-6,9-10H2/b20-13-/t16-,18-. The second-order valence-electron chi connectivity index (χ2n) is 6.46. The van der Waals surface area contributed by atoms with Crippen molar-refractivity contribution in [3.8, 4) is 12.1 Å². The fourth-order valence-electron chi connectivity index (χ4n) is 3.40. The summed E-state index contributed by atoms with van der Waals surface area (Å²) in [5.41, 5.74) is 2.01. The lowest BCUT2D eigenvalue weighted by Crippen LogP contribution is -2.13. The van der Waals surface area contributed by atoms with Gasteiger partial charge in [0, 0.05) is 0 Å². The topological polar surface area (TPSA) is 47.6 Å². The third-order valence-corrected chi connectivity index (χ3v) is 4.79. The van der Waals surface area contributed by atoms with Crippen LogP contribution in [0.4, 0.5) is 4.39 Å². The molecule has 0 spiro atoms. The summed E-state index contributed by atoms with van der Waals surface area (Å²) in [7, 11) is 0. The Hall–Kier alpha value is -2.13. The molecular weight excluding hydrogens is 287 g/mol. The summed E-state index contributed by atoms with van der Waals surface area (Å²) in [6.45, 7) is 0. The van der Waals surface area contributed by atoms with Crippen molar-refractivity contribution >= 4 is 0 Å². The number of nitriles is 2. The molecule has 1 fully saturated rings. The van der Waals surface area contributed by atoms with E-state index in [1.54, 1.807) is 6.07 Å². The number of rotatable bonds is 6. The number of nitrogens with zero attached hydrogens (tertiary/aromatic N) is 2. The fourth-order valence-corrected chi connectivity index (χ4v) is 3.40. The van der Waals surface area contributed by atoms with E-state index >= 15 is 0 Å². The van der Waals surface area contributed by atoms with Gasteiger partial charge < -0.3 is 0 Å². The minimum atomic E-state index is -0.629. The van der Waals surface area contributed by atoms with Crippen molar-refractivity contribution in [2.45, 2.75) is 51.4 Å². The van der Waals surface area contributed by atoms with Gasteiger partial charge in [0.25, 0.3) is 0 Å². The van der Waals surface area contributed by atoms with Gasteiger partial charge in [-0.1, -0.05) is 25.0 Å². The highest BCUT2D eigenvalue weighted by atomic mass is 19.1. The largest absolute Gasteiger partial charge is 0.196 e. The molecule has 0 amide bonds. The highest BCUT2D eigenvalue weighted by Gasteiger charge is 2.20. The SMILES string of the molecule is N#C/C(F)=C/[C@H]1CC[C@H](CCCCc2ccc(C#N)cc2)CC1. The molecule has 0 radical (unpaired) electrons. The first-order valence-electron chi connectivity index (χ1n) is 8.47. The molecule has 0 aromatic heterocycles. The van der Waals surface area contributed by atoms with Crippen LogP contribution in [0.15, 0.2) is 36.2 Å². The van der Waals surface area contributed by atoms with Gasteiger partial charge >= 0.3 is 0 Å². The maximum atomic E-state index is 13.0. The third-order valence-electron chi connectivity index (χ3n) is 4.79. The maximum absolute atomic E-state index is 13.0. The fraction of sp³-hybridized carbons (Fsp3) is 0.500. The number of aryl methyl sites for hydroxylation is 1. The molecule has 0 heterocycles. The molecule has 3 heteroatoms. The molecule has 0 atom stereocenters. The molecular formula is C20H23FN2. The Bertz CT molecular complexity index is 596. The van der Waals surface area contributed by atoms with Crippen molar-refractivity contribution in [3.05, 3.63) is 47.3 Å². The Morgan fingerprint density at radius 2 is 1.78 bits per heavy atom. The first-order valence-corrected chi connectivity index (χ1v) is 8.47. The van der Waals surface area contributed by atoms with Gasteiger partial charge in [0.2, 0.25) is 0 Å². The van der Waals surface area contributed by atoms with Crippen LogP contribution in [-0.2, 0) is 6.42 Å². The van der Waals surface area contributed by atoms with Gasteiger partial charge in [-0.15, -0.1) is 0 Å². The van der Waals surface area contributed by atoms with Crippen LogP contribution < -0.4 is 0 Å². The molecule has 0 saturated heterocycles. The highest BCUT2D eigenvalue weighted by molar-refractivity contribution is 5.31. The van der Waals surface area contributed by atoms with Crippen LogP contribution in [0.1, 0.15) is 56.1 Å². The van der Waals surface area contributed by atoms with E-state index in [0.29, 0.717) is 5.56 Å². The average molecular weight is 310 g/mol. The van der Waals surface area contributed by atoms with Crippen molar-refractivity contribution in [1.29, 1.82) is 10.5 Å². The zero-order chi connectivity index (χ0) is 16.5. The molecule has 0 unspecified atom stereocenters. The molecule has 0 aliphatic heterocycles. The van der Waals surface area contributed by atoms with E-state index in [1.165, 1.54) is 30.9 Å². The monoisotopic (exact) mass is 310 g/mol. The Labute approximate surface area is 138 Å². The van der Waals surface area contributed by atoms with Gasteiger partial charge in [-0.3, -0.25) is 0 Å². The Morgan fingerprint density at radius 1 is 1.09 bits per heavy atom. The van der Waals surface area contributed by atoms with Crippen LogP contribution >= 0.6 is 0 Å². The van der Waals surface area contributed by atoms with Crippen molar-refractivity contribution in [2.75, 3.05) is 0 Å². The summed E-state index contributed by atoms with van der Waals surface area (Å²) >= 11 is 0. The average Bonchev–Trinajstić information content (AvgIpc) is 2.60. The first kappa shape index (κ1) is 17.2. The lowest BCUT2D eigenvalue weighted by atomic mass is 9.79. The molecule has 2 rings (SSSR count). The van der Waals surface area contributed by atoms with Gasteiger partial charge in [-0.25, -0.2) is 0 Å². The number of hydrogen-bond acceptors (Lipinski definition) is 2. The molecule has 1 aromatic rings. The zero-order valence-electron chi connectivity index (χ0n) is 13.5. The predicted octanol–water partition coefficient (Wildman–Crippen LogP) is 5.45. The molecule has 0 bridgehead atoms. The first-order chi connectivity index (χ1) is 11.2. The summed E-state index contributed by atoms with van der Waals surface area (Å²) in [6, 6.07) is 11.5. The van der Waals surface area contributed by atoms with Crippen LogP contribution in [0, 0.1) is 34.5 Å². The van der Waals surface area contributed by atoms with Crippen molar-refractivity contribution in [2.24, 2.45) is 11.8 Å². The van der Waals surface area contributed by atoms with Crippen LogP contribution in [0.2, 0.25) is 0 Å². The number of benzene rings is 1. The molecule has 1 aliphatic rings. The van der Waals surface area contributed by atoms with Crippen molar-refractivity contribution in [1.82, 2.24) is 0 Å². The third kappa shape index (κ3) is 5.87. The van der Waals surface area contributed by atoms with E-state index in [2.05, 4.69) is 6.07 Å². The smallest absolute Gasteiger partial charge is 0.195 e. The van der Waals surface area contributed by atoms with E-state index in [9.17, 15) is 4.39 Å². The molecule has 0 N–H and O–H groups in total. The highest BCUT2D eigenvalue weighted by Crippen LogP contribution is 2.33. The number of hydrogen-bond donors (Lipinski definition) is 0. The molecule has 2 nitrogen and oxygen atoms in total. The summed E-state index contributed by atoms with van der Waals surface area (Å²) in [5, 5.41) is 17.3. The van der Waals surface area contributed by atoms with Gasteiger partial charge in [0.1, 0.15) is 6.07 Å². The second kappa shape index (κ2) is 9.11. The van der Waals surface area contributed by atoms with Gasteiger partial charge in [-0.05, 0) is 74.1 Å². The van der Waals surface area contributed by atoms with Gasteiger partial charge in [-0.2, -0.15) is 14.9 Å². The van der Waals surface area contributed by atoms with E-state index in [1.807, 2.05) is 24.3 Å². The summed E-state index contributed by atoms with van der Waals surface area (Å²) in [6.07, 6.45) is 10.5. The summed E-state index contributed by atoms with van der Waals surface area (Å²) in [5.74, 6) is 0.381. The van der Waals surface area contributed by atoms with Crippen LogP contribution in [0.3, 0.4) is 0 Å². The second-order valence-corrected chi connectivity index (χ2v) is 6.46. The normalized spacial score (nSPS) is 21.4. The van der Waals surface area contributed by atoms with E-state index in [0.717, 1.165) is 38.0 Å². The predicted molar refractivity (Wildman–Crippen MR) is 89.0 cm³/mol. The van der Waals surface area contributed by atoms with Gasteiger partial charge in [0.15, 0.2) is 5.83 Å². The minimum Gasteiger partial charge on any atom is -0.195 e. The maximum Gasteiger partial charge on any atom is 0.196 e. The van der Waals surface area contributed by atoms with Crippen LogP contribution in [-0.4, -0.2) is 0 Å². The zero-order valence-corrected chi connectivity index (χ0v) is 13.5. The number of allylic oxidation sites excluding steroid dienone is 2. The molecule has 1 saturated carbocycles. The lowest BCUT2D eigenvalue weighted by Gasteiger charge is -2.26. The summed E-state index contributed by atoms with van der Waals surface area (Å²) < 4.78 is 13.0.